The van der Waals surface area contributed by atoms with Crippen molar-refractivity contribution in [3.05, 3.63) is 50.1 Å². The molecular formula is C18H14N4O10S. The molecule has 0 atom stereocenters. The van der Waals surface area contributed by atoms with Gasteiger partial charge in [0.05, 0.1) is 36.7 Å². The zero-order valence-corrected chi connectivity index (χ0v) is 17.9. The van der Waals surface area contributed by atoms with Crippen LogP contribution in [0.1, 0.15) is 10.4 Å². The normalized spacial score (nSPS) is 10.5. The van der Waals surface area contributed by atoms with E-state index in [2.05, 4.69) is 10.2 Å². The number of rotatable bonds is 9. The van der Waals surface area contributed by atoms with Gasteiger partial charge in [0.25, 0.3) is 16.6 Å². The molecule has 0 fully saturated rings. The Morgan fingerprint density at radius 2 is 1.52 bits per heavy atom. The highest BCUT2D eigenvalue weighted by atomic mass is 32.2. The van der Waals surface area contributed by atoms with Gasteiger partial charge in [-0.15, -0.1) is 10.2 Å². The largest absolute Gasteiger partial charge is 0.493 e. The van der Waals surface area contributed by atoms with E-state index in [9.17, 15) is 25.0 Å². The van der Waals surface area contributed by atoms with Crippen LogP contribution in [0.25, 0.3) is 11.5 Å². The predicted molar refractivity (Wildman–Crippen MR) is 110 cm³/mol. The first-order valence-corrected chi connectivity index (χ1v) is 9.53. The van der Waals surface area contributed by atoms with Crippen molar-refractivity contribution in [2.45, 2.75) is 10.1 Å². The van der Waals surface area contributed by atoms with Gasteiger partial charge in [-0.1, -0.05) is 0 Å². The van der Waals surface area contributed by atoms with Crippen LogP contribution in [-0.2, 0) is 0 Å². The lowest BCUT2D eigenvalue weighted by molar-refractivity contribution is -0.399. The fourth-order valence-corrected chi connectivity index (χ4v) is 3.61. The first-order valence-electron chi connectivity index (χ1n) is 8.72. The lowest BCUT2D eigenvalue weighted by Crippen LogP contribution is -2.03. The molecule has 172 valence electrons. The first-order chi connectivity index (χ1) is 15.7. The summed E-state index contributed by atoms with van der Waals surface area (Å²) in [6, 6.07) is 4.48. The number of carbonyl (C=O) groups is 1. The van der Waals surface area contributed by atoms with Crippen molar-refractivity contribution in [2.24, 2.45) is 0 Å². The highest BCUT2D eigenvalue weighted by molar-refractivity contribution is 7.99. The molecule has 1 heterocycles. The average Bonchev–Trinajstić information content (AvgIpc) is 3.26. The van der Waals surface area contributed by atoms with Gasteiger partial charge in [0.1, 0.15) is 0 Å². The minimum Gasteiger partial charge on any atom is -0.493 e. The minimum atomic E-state index is -1.56. The van der Waals surface area contributed by atoms with Crippen LogP contribution in [-0.4, -0.2) is 52.4 Å². The third kappa shape index (κ3) is 4.62. The van der Waals surface area contributed by atoms with Gasteiger partial charge in [-0.3, -0.25) is 20.2 Å². The molecule has 0 aliphatic rings. The van der Waals surface area contributed by atoms with Crippen molar-refractivity contribution in [2.75, 3.05) is 21.3 Å². The van der Waals surface area contributed by atoms with Crippen LogP contribution in [0.5, 0.6) is 17.2 Å². The van der Waals surface area contributed by atoms with Gasteiger partial charge in [-0.25, -0.2) is 4.79 Å². The number of hydrogen-bond acceptors (Lipinski definition) is 12. The summed E-state index contributed by atoms with van der Waals surface area (Å²) in [6.07, 6.45) is 0. The summed E-state index contributed by atoms with van der Waals surface area (Å²) in [6.45, 7) is 0. The molecule has 3 aromatic rings. The maximum Gasteiger partial charge on any atom is 0.336 e. The van der Waals surface area contributed by atoms with Crippen LogP contribution in [0.4, 0.5) is 11.4 Å². The molecule has 1 N–H and O–H groups in total. The number of hydrogen-bond donors (Lipinski definition) is 1. The second kappa shape index (κ2) is 9.39. The van der Waals surface area contributed by atoms with E-state index in [4.69, 9.17) is 23.7 Å². The number of nitrogens with zero attached hydrogens (tertiary/aromatic N) is 4. The van der Waals surface area contributed by atoms with Gasteiger partial charge in [-0.2, -0.15) is 0 Å². The van der Waals surface area contributed by atoms with Crippen molar-refractivity contribution < 1.29 is 38.4 Å². The molecule has 15 heteroatoms. The van der Waals surface area contributed by atoms with Crippen molar-refractivity contribution in [1.29, 1.82) is 0 Å². The average molecular weight is 478 g/mol. The summed E-state index contributed by atoms with van der Waals surface area (Å²) in [5.41, 5.74) is -1.84. The standard InChI is InChI=1S/C18H14N4O10S/c1-29-12-6-8(7-13(30-2)14(12)31-3)16-19-20-18(32-16)33-15-10(21(25)26)4-9(17(23)24)5-11(15)22(27)28/h4-7H,1-3H3,(H,23,24). The highest BCUT2D eigenvalue weighted by Crippen LogP contribution is 2.44. The Labute approximate surface area is 188 Å². The van der Waals surface area contributed by atoms with Crippen LogP contribution in [0, 0.1) is 20.2 Å². The van der Waals surface area contributed by atoms with E-state index >= 15 is 0 Å². The molecule has 0 aliphatic carbocycles. The van der Waals surface area contributed by atoms with Gasteiger partial charge in [0.15, 0.2) is 16.4 Å². The Hall–Kier alpha value is -4.40. The van der Waals surface area contributed by atoms with E-state index in [1.807, 2.05) is 0 Å². The van der Waals surface area contributed by atoms with E-state index in [1.54, 1.807) is 0 Å². The second-order valence-electron chi connectivity index (χ2n) is 6.05. The number of aromatic carboxylic acids is 1. The fourth-order valence-electron chi connectivity index (χ4n) is 2.76. The zero-order valence-electron chi connectivity index (χ0n) is 17.1. The van der Waals surface area contributed by atoms with E-state index in [0.29, 0.717) is 46.7 Å². The van der Waals surface area contributed by atoms with Gasteiger partial charge in [-0.05, 0) is 23.9 Å². The van der Waals surface area contributed by atoms with E-state index in [1.165, 1.54) is 33.5 Å². The van der Waals surface area contributed by atoms with Crippen LogP contribution in [0.15, 0.2) is 38.8 Å². The van der Waals surface area contributed by atoms with Crippen molar-refractivity contribution in [1.82, 2.24) is 10.2 Å². The van der Waals surface area contributed by atoms with Crippen LogP contribution < -0.4 is 14.2 Å². The molecule has 0 aliphatic heterocycles. The Morgan fingerprint density at radius 3 is 1.94 bits per heavy atom. The monoisotopic (exact) mass is 478 g/mol. The lowest BCUT2D eigenvalue weighted by atomic mass is 10.2. The molecule has 0 radical (unpaired) electrons. The summed E-state index contributed by atoms with van der Waals surface area (Å²) in [7, 11) is 4.25. The number of nitro benzene ring substituents is 2. The zero-order chi connectivity index (χ0) is 24.3. The molecule has 14 nitrogen and oxygen atoms in total. The van der Waals surface area contributed by atoms with Crippen LogP contribution in [0.2, 0.25) is 0 Å². The summed E-state index contributed by atoms with van der Waals surface area (Å²) < 4.78 is 21.3. The Kier molecular flexibility index (Phi) is 6.62. The molecule has 0 unspecified atom stereocenters. The van der Waals surface area contributed by atoms with Gasteiger partial charge in [0.2, 0.25) is 11.6 Å². The van der Waals surface area contributed by atoms with Gasteiger partial charge >= 0.3 is 5.97 Å². The minimum absolute atomic E-state index is 0.0378. The molecule has 0 bridgehead atoms. The molecule has 33 heavy (non-hydrogen) atoms. The molecule has 0 saturated carbocycles. The SMILES string of the molecule is COc1cc(-c2nnc(Sc3c([N+](=O)[O-])cc(C(=O)O)cc3[N+](=O)[O-])o2)cc(OC)c1OC. The van der Waals surface area contributed by atoms with Crippen molar-refractivity contribution in [3.8, 4) is 28.7 Å². The molecule has 1 aromatic heterocycles. The van der Waals surface area contributed by atoms with Crippen molar-refractivity contribution >= 4 is 29.1 Å². The summed E-state index contributed by atoms with van der Waals surface area (Å²) in [4.78, 5) is 31.8. The highest BCUT2D eigenvalue weighted by Gasteiger charge is 2.31. The van der Waals surface area contributed by atoms with Crippen LogP contribution in [0.3, 0.4) is 0 Å². The molecule has 3 rings (SSSR count). The van der Waals surface area contributed by atoms with E-state index in [0.717, 1.165) is 0 Å². The lowest BCUT2D eigenvalue weighted by Gasteiger charge is -2.12. The van der Waals surface area contributed by atoms with Gasteiger partial charge in [0, 0.05) is 17.7 Å². The second-order valence-corrected chi connectivity index (χ2v) is 7.01. The number of carboxylic acids is 1. The Balaban J connectivity index is 2.06. The molecule has 2 aromatic carbocycles. The van der Waals surface area contributed by atoms with E-state index in [-0.39, 0.29) is 11.1 Å². The van der Waals surface area contributed by atoms with Crippen molar-refractivity contribution in [3.63, 3.8) is 0 Å². The van der Waals surface area contributed by atoms with Crippen LogP contribution >= 0.6 is 11.8 Å². The first kappa shape index (κ1) is 23.3. The number of aromatic nitrogens is 2. The number of nitro groups is 2. The third-order valence-corrected chi connectivity index (χ3v) is 5.16. The quantitative estimate of drug-likeness (QED) is 0.348. The maximum atomic E-state index is 11.5. The van der Waals surface area contributed by atoms with Gasteiger partial charge < -0.3 is 23.7 Å². The molecular weight excluding hydrogens is 464 g/mol. The summed E-state index contributed by atoms with van der Waals surface area (Å²) >= 11 is 0.457. The third-order valence-electron chi connectivity index (χ3n) is 4.20. The Morgan fingerprint density at radius 1 is 0.970 bits per heavy atom. The number of carboxylic acid groups (broad SMARTS) is 1. The van der Waals surface area contributed by atoms with E-state index < -0.39 is 37.6 Å². The predicted octanol–water partition coefficient (Wildman–Crippen LogP) is 3.43. The maximum absolute atomic E-state index is 11.5. The Bertz CT molecular complexity index is 1200. The summed E-state index contributed by atoms with van der Waals surface area (Å²) in [5, 5.41) is 39.4. The fraction of sp³-hybridized carbons (Fsp3) is 0.167. The number of benzene rings is 2. The molecule has 0 saturated heterocycles. The molecule has 0 amide bonds. The number of methoxy groups -OCH3 is 3. The topological polar surface area (TPSA) is 190 Å². The number of ether oxygens (including phenoxy) is 3. The smallest absolute Gasteiger partial charge is 0.336 e. The molecule has 0 spiro atoms. The summed E-state index contributed by atoms with van der Waals surface area (Å²) in [5.74, 6) is -0.670.